The van der Waals surface area contributed by atoms with Crippen molar-refractivity contribution in [2.45, 2.75) is 25.9 Å². The van der Waals surface area contributed by atoms with E-state index in [4.69, 9.17) is 14.7 Å². The second kappa shape index (κ2) is 6.37. The number of aliphatic hydroxyl groups is 1. The molecule has 0 rings (SSSR count). The number of ether oxygens (including phenoxy) is 1. The lowest BCUT2D eigenvalue weighted by atomic mass is 10.1. The Hall–Kier alpha value is -0.160. The second-order valence-electron chi connectivity index (χ2n) is 3.13. The maximum atomic E-state index is 8.53. The normalized spacial score (nSPS) is 12.0. The molecule has 0 saturated carbocycles. The first-order valence-electron chi connectivity index (χ1n) is 4.16. The molecule has 0 radical (unpaired) electrons. The highest BCUT2D eigenvalue weighted by Gasteiger charge is 2.17. The van der Waals surface area contributed by atoms with Crippen molar-refractivity contribution in [2.24, 2.45) is 0 Å². The van der Waals surface area contributed by atoms with E-state index in [9.17, 15) is 0 Å². The molecular formula is C8H19NO3. The number of aliphatic hydroxyl groups excluding tert-OH is 1. The van der Waals surface area contributed by atoms with Crippen LogP contribution in [0.1, 0.15) is 20.3 Å². The maximum Gasteiger partial charge on any atom is 0.0709 e. The van der Waals surface area contributed by atoms with E-state index in [-0.39, 0.29) is 12.2 Å². The molecule has 0 aliphatic carbocycles. The summed E-state index contributed by atoms with van der Waals surface area (Å²) in [6, 6.07) is 0. The Balaban J connectivity index is 3.42. The van der Waals surface area contributed by atoms with Crippen LogP contribution < -0.4 is 5.48 Å². The lowest BCUT2D eigenvalue weighted by Crippen LogP contribution is -2.28. The van der Waals surface area contributed by atoms with E-state index in [2.05, 4.69) is 5.48 Å². The zero-order valence-electron chi connectivity index (χ0n) is 8.09. The van der Waals surface area contributed by atoms with Crippen molar-refractivity contribution in [1.29, 1.82) is 0 Å². The smallest absolute Gasteiger partial charge is 0.0709 e. The van der Waals surface area contributed by atoms with Crippen LogP contribution in [0.4, 0.5) is 0 Å². The molecule has 0 amide bonds. The van der Waals surface area contributed by atoms with E-state index in [1.165, 1.54) is 0 Å². The molecule has 4 heteroatoms. The molecule has 0 aromatic rings. The minimum Gasteiger partial charge on any atom is -0.394 e. The van der Waals surface area contributed by atoms with E-state index in [0.717, 1.165) is 6.42 Å². The fraction of sp³-hybridized carbons (Fsp3) is 1.00. The van der Waals surface area contributed by atoms with Gasteiger partial charge in [-0.2, -0.15) is 0 Å². The average Bonchev–Trinajstić information content (AvgIpc) is 2.01. The molecule has 74 valence electrons. The van der Waals surface area contributed by atoms with Crippen LogP contribution in [0.25, 0.3) is 0 Å². The predicted molar refractivity (Wildman–Crippen MR) is 46.7 cm³/mol. The Kier molecular flexibility index (Phi) is 6.28. The summed E-state index contributed by atoms with van der Waals surface area (Å²) in [5, 5.41) is 8.53. The zero-order chi connectivity index (χ0) is 9.45. The van der Waals surface area contributed by atoms with E-state index < -0.39 is 0 Å². The molecule has 0 aliphatic rings. The standard InChI is InChI=1S/C8H19NO3/c1-8(2,11-7-5-10)4-6-12-9-3/h9-10H,4-7H2,1-3H3. The molecule has 0 spiro atoms. The molecule has 0 bridgehead atoms. The van der Waals surface area contributed by atoms with Gasteiger partial charge in [-0.3, -0.25) is 0 Å². The van der Waals surface area contributed by atoms with Crippen LogP contribution in [-0.2, 0) is 9.57 Å². The van der Waals surface area contributed by atoms with Gasteiger partial charge in [0, 0.05) is 13.5 Å². The van der Waals surface area contributed by atoms with Gasteiger partial charge in [-0.15, -0.1) is 0 Å². The van der Waals surface area contributed by atoms with Gasteiger partial charge in [-0.1, -0.05) is 0 Å². The first-order chi connectivity index (χ1) is 5.62. The van der Waals surface area contributed by atoms with Gasteiger partial charge < -0.3 is 14.7 Å². The van der Waals surface area contributed by atoms with Crippen LogP contribution in [0.5, 0.6) is 0 Å². The monoisotopic (exact) mass is 177 g/mol. The van der Waals surface area contributed by atoms with Crippen molar-refractivity contribution in [3.8, 4) is 0 Å². The summed E-state index contributed by atoms with van der Waals surface area (Å²) in [5.74, 6) is 0. The number of rotatable bonds is 7. The Morgan fingerprint density at radius 2 is 2.00 bits per heavy atom. The largest absolute Gasteiger partial charge is 0.394 e. The Bertz CT molecular complexity index is 106. The maximum absolute atomic E-state index is 8.53. The van der Waals surface area contributed by atoms with E-state index in [1.807, 2.05) is 13.8 Å². The molecule has 2 N–H and O–H groups in total. The third-order valence-corrected chi connectivity index (χ3v) is 1.53. The summed E-state index contributed by atoms with van der Waals surface area (Å²) in [7, 11) is 1.72. The third kappa shape index (κ3) is 6.54. The topological polar surface area (TPSA) is 50.7 Å². The molecule has 0 heterocycles. The molecule has 4 nitrogen and oxygen atoms in total. The molecule has 0 aliphatic heterocycles. The lowest BCUT2D eigenvalue weighted by molar-refractivity contribution is -0.0612. The van der Waals surface area contributed by atoms with Gasteiger partial charge in [-0.05, 0) is 13.8 Å². The van der Waals surface area contributed by atoms with Gasteiger partial charge in [0.25, 0.3) is 0 Å². The van der Waals surface area contributed by atoms with Crippen molar-refractivity contribution in [3.05, 3.63) is 0 Å². The van der Waals surface area contributed by atoms with Crippen molar-refractivity contribution >= 4 is 0 Å². The number of nitrogens with one attached hydrogen (secondary N) is 1. The SMILES string of the molecule is CNOCCC(C)(C)OCCO. The van der Waals surface area contributed by atoms with Gasteiger partial charge in [0.05, 0.1) is 25.4 Å². The van der Waals surface area contributed by atoms with Crippen LogP contribution in [0.15, 0.2) is 0 Å². The quantitative estimate of drug-likeness (QED) is 0.434. The summed E-state index contributed by atoms with van der Waals surface area (Å²) in [6.45, 7) is 5.00. The summed E-state index contributed by atoms with van der Waals surface area (Å²) < 4.78 is 5.37. The summed E-state index contributed by atoms with van der Waals surface area (Å²) in [4.78, 5) is 4.96. The molecule has 0 fully saturated rings. The molecule has 0 unspecified atom stereocenters. The van der Waals surface area contributed by atoms with Gasteiger partial charge in [0.2, 0.25) is 0 Å². The minimum absolute atomic E-state index is 0.0658. The molecule has 0 aromatic heterocycles. The molecule has 12 heavy (non-hydrogen) atoms. The Morgan fingerprint density at radius 3 is 2.50 bits per heavy atom. The highest BCUT2D eigenvalue weighted by Crippen LogP contribution is 2.13. The van der Waals surface area contributed by atoms with Crippen LogP contribution >= 0.6 is 0 Å². The fourth-order valence-electron chi connectivity index (χ4n) is 0.793. The van der Waals surface area contributed by atoms with Gasteiger partial charge in [0.15, 0.2) is 0 Å². The predicted octanol–water partition coefficient (Wildman–Crippen LogP) is 0.315. The lowest BCUT2D eigenvalue weighted by Gasteiger charge is -2.24. The highest BCUT2D eigenvalue weighted by atomic mass is 16.6. The summed E-state index contributed by atoms with van der Waals surface area (Å²) in [6.07, 6.45) is 0.799. The first-order valence-corrected chi connectivity index (χ1v) is 4.16. The van der Waals surface area contributed by atoms with E-state index >= 15 is 0 Å². The Labute approximate surface area is 73.8 Å². The van der Waals surface area contributed by atoms with Crippen LogP contribution in [0, 0.1) is 0 Å². The zero-order valence-corrected chi connectivity index (χ0v) is 8.09. The second-order valence-corrected chi connectivity index (χ2v) is 3.13. The molecular weight excluding hydrogens is 158 g/mol. The van der Waals surface area contributed by atoms with Crippen LogP contribution in [0.3, 0.4) is 0 Å². The van der Waals surface area contributed by atoms with Gasteiger partial charge in [-0.25, -0.2) is 5.48 Å². The fourth-order valence-corrected chi connectivity index (χ4v) is 0.793. The average molecular weight is 177 g/mol. The van der Waals surface area contributed by atoms with Crippen molar-refractivity contribution in [1.82, 2.24) is 5.48 Å². The minimum atomic E-state index is -0.223. The molecule has 0 atom stereocenters. The molecule has 0 saturated heterocycles. The highest BCUT2D eigenvalue weighted by molar-refractivity contribution is 4.67. The van der Waals surface area contributed by atoms with Gasteiger partial charge >= 0.3 is 0 Å². The van der Waals surface area contributed by atoms with Crippen molar-refractivity contribution in [2.75, 3.05) is 26.9 Å². The van der Waals surface area contributed by atoms with Gasteiger partial charge in [0.1, 0.15) is 0 Å². The van der Waals surface area contributed by atoms with Crippen molar-refractivity contribution in [3.63, 3.8) is 0 Å². The number of hydroxylamine groups is 1. The van der Waals surface area contributed by atoms with E-state index in [0.29, 0.717) is 13.2 Å². The van der Waals surface area contributed by atoms with Crippen LogP contribution in [-0.4, -0.2) is 37.6 Å². The third-order valence-electron chi connectivity index (χ3n) is 1.53. The van der Waals surface area contributed by atoms with Crippen molar-refractivity contribution < 1.29 is 14.7 Å². The molecule has 0 aromatic carbocycles. The first kappa shape index (κ1) is 11.8. The summed E-state index contributed by atoms with van der Waals surface area (Å²) >= 11 is 0. The van der Waals surface area contributed by atoms with Crippen LogP contribution in [0.2, 0.25) is 0 Å². The van der Waals surface area contributed by atoms with E-state index in [1.54, 1.807) is 7.05 Å². The number of hydrogen-bond acceptors (Lipinski definition) is 4. The summed E-state index contributed by atoms with van der Waals surface area (Å²) in [5.41, 5.74) is 2.37. The number of hydrogen-bond donors (Lipinski definition) is 2. The Morgan fingerprint density at radius 1 is 1.33 bits per heavy atom.